The Bertz CT molecular complexity index is 1080. The quantitative estimate of drug-likeness (QED) is 0.543. The van der Waals surface area contributed by atoms with Crippen molar-refractivity contribution in [2.75, 3.05) is 20.2 Å². The molecular formula is C21H27N7O3. The number of rotatable bonds is 8. The van der Waals surface area contributed by atoms with Gasteiger partial charge >= 0.3 is 0 Å². The fraction of sp³-hybridized carbons (Fsp3) is 0.571. The van der Waals surface area contributed by atoms with Gasteiger partial charge in [-0.2, -0.15) is 15.2 Å². The molecule has 0 bridgehead atoms. The van der Waals surface area contributed by atoms with Crippen LogP contribution >= 0.6 is 0 Å². The first-order valence-corrected chi connectivity index (χ1v) is 10.9. The minimum Gasteiger partial charge on any atom is -0.376 e. The number of likely N-dealkylation sites (N-methyl/N-ethyl adjacent to an activating group) is 1. The summed E-state index contributed by atoms with van der Waals surface area (Å²) in [6.07, 6.45) is 5.54. The molecule has 1 aliphatic carbocycles. The Kier molecular flexibility index (Phi) is 5.31. The maximum absolute atomic E-state index is 12.7. The third kappa shape index (κ3) is 3.99. The first-order valence-electron chi connectivity index (χ1n) is 10.9. The zero-order valence-corrected chi connectivity index (χ0v) is 18.0. The van der Waals surface area contributed by atoms with Crippen LogP contribution < -0.4 is 0 Å². The molecule has 0 radical (unpaired) electrons. The minimum absolute atomic E-state index is 0.0758. The number of carbonyl (C=O) groups excluding carboxylic acids is 1. The second-order valence-electron chi connectivity index (χ2n) is 8.23. The molecule has 1 fully saturated rings. The van der Waals surface area contributed by atoms with Crippen LogP contribution in [0.2, 0.25) is 0 Å². The fourth-order valence-corrected chi connectivity index (χ4v) is 3.96. The summed E-state index contributed by atoms with van der Waals surface area (Å²) < 4.78 is 15.0. The smallest absolute Gasteiger partial charge is 0.278 e. The van der Waals surface area contributed by atoms with E-state index in [1.807, 2.05) is 6.92 Å². The number of ether oxygens (including phenoxy) is 1. The lowest BCUT2D eigenvalue weighted by Gasteiger charge is -2.16. The highest BCUT2D eigenvalue weighted by Crippen LogP contribution is 2.34. The van der Waals surface area contributed by atoms with E-state index in [0.717, 1.165) is 36.7 Å². The molecule has 1 saturated carbocycles. The van der Waals surface area contributed by atoms with E-state index in [-0.39, 0.29) is 5.91 Å². The molecule has 1 aliphatic heterocycles. The summed E-state index contributed by atoms with van der Waals surface area (Å²) in [5.41, 5.74) is 3.59. The molecule has 0 unspecified atom stereocenters. The molecule has 4 heterocycles. The van der Waals surface area contributed by atoms with Gasteiger partial charge < -0.3 is 14.2 Å². The maximum atomic E-state index is 12.7. The Balaban J connectivity index is 1.28. The Morgan fingerprint density at radius 1 is 1.32 bits per heavy atom. The lowest BCUT2D eigenvalue weighted by molar-refractivity contribution is 0.0783. The second-order valence-corrected chi connectivity index (χ2v) is 8.23. The van der Waals surface area contributed by atoms with Gasteiger partial charge in [0.15, 0.2) is 11.5 Å². The zero-order chi connectivity index (χ0) is 21.4. The number of hydrogen-bond acceptors (Lipinski definition) is 7. The Labute approximate surface area is 180 Å². The summed E-state index contributed by atoms with van der Waals surface area (Å²) in [4.78, 5) is 18.9. The van der Waals surface area contributed by atoms with Crippen molar-refractivity contribution in [1.82, 2.24) is 34.6 Å². The van der Waals surface area contributed by atoms with Gasteiger partial charge in [0.1, 0.15) is 5.69 Å². The molecule has 0 spiro atoms. The Morgan fingerprint density at radius 3 is 3.00 bits per heavy atom. The van der Waals surface area contributed by atoms with Gasteiger partial charge in [-0.3, -0.25) is 14.2 Å². The predicted molar refractivity (Wildman–Crippen MR) is 110 cm³/mol. The topological polar surface area (TPSA) is 104 Å². The van der Waals surface area contributed by atoms with Gasteiger partial charge in [-0.05, 0) is 31.7 Å². The van der Waals surface area contributed by atoms with E-state index in [2.05, 4.69) is 19.9 Å². The van der Waals surface area contributed by atoms with Crippen molar-refractivity contribution >= 4 is 5.91 Å². The average molecular weight is 425 g/mol. The van der Waals surface area contributed by atoms with Crippen LogP contribution in [0.5, 0.6) is 0 Å². The molecule has 0 N–H and O–H groups in total. The molecule has 31 heavy (non-hydrogen) atoms. The number of amides is 1. The third-order valence-electron chi connectivity index (χ3n) is 5.95. The van der Waals surface area contributed by atoms with E-state index >= 15 is 0 Å². The summed E-state index contributed by atoms with van der Waals surface area (Å²) in [5.74, 6) is 1.63. The fourth-order valence-electron chi connectivity index (χ4n) is 3.96. The van der Waals surface area contributed by atoms with Gasteiger partial charge in [0.05, 0.1) is 13.2 Å². The predicted octanol–water partition coefficient (Wildman–Crippen LogP) is 1.95. The van der Waals surface area contributed by atoms with E-state index in [9.17, 15) is 4.79 Å². The van der Waals surface area contributed by atoms with Crippen molar-refractivity contribution < 1.29 is 14.1 Å². The van der Waals surface area contributed by atoms with E-state index in [1.54, 1.807) is 28.9 Å². The Morgan fingerprint density at radius 2 is 2.19 bits per heavy atom. The van der Waals surface area contributed by atoms with Crippen molar-refractivity contribution in [1.29, 1.82) is 0 Å². The number of fused-ring (bicyclic) bond motifs is 1. The van der Waals surface area contributed by atoms with Crippen LogP contribution in [0.25, 0.3) is 11.6 Å². The van der Waals surface area contributed by atoms with E-state index < -0.39 is 0 Å². The number of aromatic nitrogens is 6. The van der Waals surface area contributed by atoms with Crippen molar-refractivity contribution in [3.05, 3.63) is 35.0 Å². The van der Waals surface area contributed by atoms with Crippen molar-refractivity contribution in [3.8, 4) is 11.6 Å². The minimum atomic E-state index is -0.0758. The van der Waals surface area contributed by atoms with Gasteiger partial charge in [-0.15, -0.1) is 0 Å². The molecule has 2 aliphatic rings. The lowest BCUT2D eigenvalue weighted by atomic mass is 10.1. The number of aryl methyl sites for hydroxylation is 1. The molecule has 10 nitrogen and oxygen atoms in total. The molecule has 5 rings (SSSR count). The van der Waals surface area contributed by atoms with Gasteiger partial charge in [0, 0.05) is 57.0 Å². The molecule has 1 amide bonds. The molecular weight excluding hydrogens is 398 g/mol. The standard InChI is InChI=1S/C21H27N7O3/c1-3-27-17(6-9-22-27)21(29)26(2)10-7-18-23-20(31-25-18)19-15-13-30-11-8-16(15)28(24-19)12-14-4-5-14/h6,9,14H,3-5,7-8,10-13H2,1-2H3. The van der Waals surface area contributed by atoms with Crippen LogP contribution in [0.1, 0.15) is 47.3 Å². The molecule has 0 saturated heterocycles. The van der Waals surface area contributed by atoms with Crippen LogP contribution in [0.3, 0.4) is 0 Å². The summed E-state index contributed by atoms with van der Waals surface area (Å²) in [6.45, 7) is 5.27. The average Bonchev–Trinajstić information content (AvgIpc) is 3.19. The number of nitrogens with zero attached hydrogens (tertiary/aromatic N) is 7. The lowest BCUT2D eigenvalue weighted by Crippen LogP contribution is -2.30. The van der Waals surface area contributed by atoms with Crippen LogP contribution in [0.4, 0.5) is 0 Å². The second kappa shape index (κ2) is 8.26. The third-order valence-corrected chi connectivity index (χ3v) is 5.95. The summed E-state index contributed by atoms with van der Waals surface area (Å²) >= 11 is 0. The van der Waals surface area contributed by atoms with Crippen molar-refractivity contribution in [3.63, 3.8) is 0 Å². The molecule has 0 atom stereocenters. The van der Waals surface area contributed by atoms with Crippen LogP contribution in [0.15, 0.2) is 16.8 Å². The highest BCUT2D eigenvalue weighted by Gasteiger charge is 2.29. The van der Waals surface area contributed by atoms with Crippen LogP contribution in [-0.2, 0) is 37.3 Å². The number of hydrogen-bond donors (Lipinski definition) is 0. The normalized spacial score (nSPS) is 15.8. The first-order chi connectivity index (χ1) is 15.1. The summed E-state index contributed by atoms with van der Waals surface area (Å²) in [7, 11) is 1.77. The van der Waals surface area contributed by atoms with Gasteiger partial charge in [-0.1, -0.05) is 5.16 Å². The SMILES string of the molecule is CCn1nccc1C(=O)N(C)CCc1noc(-c2nn(CC3CC3)c3c2COCC3)n1. The van der Waals surface area contributed by atoms with E-state index in [4.69, 9.17) is 14.4 Å². The van der Waals surface area contributed by atoms with Crippen LogP contribution in [0, 0.1) is 5.92 Å². The first kappa shape index (κ1) is 19.9. The molecule has 3 aromatic heterocycles. The Hall–Kier alpha value is -3.01. The summed E-state index contributed by atoms with van der Waals surface area (Å²) in [5, 5.41) is 13.1. The highest BCUT2D eigenvalue weighted by molar-refractivity contribution is 5.92. The monoisotopic (exact) mass is 425 g/mol. The van der Waals surface area contributed by atoms with Crippen LogP contribution in [-0.4, -0.2) is 60.7 Å². The maximum Gasteiger partial charge on any atom is 0.278 e. The molecule has 0 aromatic carbocycles. The van der Waals surface area contributed by atoms with E-state index in [1.165, 1.54) is 18.5 Å². The zero-order valence-electron chi connectivity index (χ0n) is 18.0. The van der Waals surface area contributed by atoms with Gasteiger partial charge in [-0.25, -0.2) is 0 Å². The van der Waals surface area contributed by atoms with E-state index in [0.29, 0.717) is 43.5 Å². The molecule has 3 aromatic rings. The molecule has 10 heteroatoms. The van der Waals surface area contributed by atoms with Crippen molar-refractivity contribution in [2.45, 2.75) is 52.3 Å². The molecule has 164 valence electrons. The highest BCUT2D eigenvalue weighted by atomic mass is 16.5. The largest absolute Gasteiger partial charge is 0.376 e. The van der Waals surface area contributed by atoms with Crippen molar-refractivity contribution in [2.24, 2.45) is 5.92 Å². The van der Waals surface area contributed by atoms with Gasteiger partial charge in [0.2, 0.25) is 0 Å². The van der Waals surface area contributed by atoms with Gasteiger partial charge in [0.25, 0.3) is 11.8 Å². The number of carbonyl (C=O) groups is 1. The summed E-state index contributed by atoms with van der Waals surface area (Å²) in [6, 6.07) is 1.73.